The van der Waals surface area contributed by atoms with Crippen molar-refractivity contribution in [2.45, 2.75) is 12.1 Å². The molecule has 0 radical (unpaired) electrons. The number of aryl methyl sites for hydroxylation is 1. The fourth-order valence-electron chi connectivity index (χ4n) is 3.96. The van der Waals surface area contributed by atoms with E-state index in [4.69, 9.17) is 17.3 Å². The van der Waals surface area contributed by atoms with Gasteiger partial charge in [0, 0.05) is 43.3 Å². The van der Waals surface area contributed by atoms with Gasteiger partial charge in [-0.3, -0.25) is 14.5 Å². The van der Waals surface area contributed by atoms with E-state index in [0.717, 1.165) is 17.8 Å². The van der Waals surface area contributed by atoms with Crippen LogP contribution >= 0.6 is 11.6 Å². The second-order valence-electron chi connectivity index (χ2n) is 7.75. The maximum absolute atomic E-state index is 13.1. The number of nitrogens with zero attached hydrogens (tertiary/aromatic N) is 5. The number of nitrogens with two attached hydrogens (primary N) is 1. The molecule has 1 amide bonds. The molecule has 1 aliphatic rings. The van der Waals surface area contributed by atoms with Gasteiger partial charge in [0.1, 0.15) is 5.82 Å². The Morgan fingerprint density at radius 1 is 1.19 bits per heavy atom. The fourth-order valence-corrected chi connectivity index (χ4v) is 4.20. The molecule has 1 aromatic carbocycles. The summed E-state index contributed by atoms with van der Waals surface area (Å²) in [6.45, 7) is 0.680. The molecule has 1 aliphatic heterocycles. The van der Waals surface area contributed by atoms with E-state index in [9.17, 15) is 18.0 Å². The van der Waals surface area contributed by atoms with Crippen molar-refractivity contribution in [1.29, 1.82) is 0 Å². The molecule has 1 fully saturated rings. The predicted octanol–water partition coefficient (Wildman–Crippen LogP) is 4.01. The van der Waals surface area contributed by atoms with E-state index in [1.54, 1.807) is 35.0 Å². The summed E-state index contributed by atoms with van der Waals surface area (Å²) in [5.74, 6) is -0.0803. The Labute approximate surface area is 184 Å². The number of fused-ring (bicyclic) bond motifs is 3. The van der Waals surface area contributed by atoms with E-state index in [0.29, 0.717) is 46.5 Å². The second kappa shape index (κ2) is 7.06. The fraction of sp³-hybridized carbons (Fsp3) is 0.238. The number of nitrogen functional groups attached to an aromatic ring is 1. The highest BCUT2D eigenvalue weighted by Gasteiger charge is 2.35. The van der Waals surface area contributed by atoms with Crippen LogP contribution in [0.4, 0.5) is 19.0 Å². The molecule has 5 rings (SSSR count). The van der Waals surface area contributed by atoms with E-state index in [-0.39, 0.29) is 16.8 Å². The van der Waals surface area contributed by atoms with Crippen molar-refractivity contribution in [1.82, 2.24) is 24.6 Å². The first-order chi connectivity index (χ1) is 15.1. The molecule has 164 valence electrons. The highest BCUT2D eigenvalue weighted by molar-refractivity contribution is 6.35. The highest BCUT2D eigenvalue weighted by atomic mass is 35.5. The molecule has 11 heteroatoms. The number of rotatable bonds is 2. The number of anilines is 1. The maximum Gasteiger partial charge on any atom is 0.417 e. The second-order valence-corrected chi connectivity index (χ2v) is 8.16. The summed E-state index contributed by atoms with van der Waals surface area (Å²) in [7, 11) is 1.77. The number of halogens is 4. The molecule has 0 saturated carbocycles. The molecule has 0 aliphatic carbocycles. The van der Waals surface area contributed by atoms with Crippen molar-refractivity contribution in [3.05, 3.63) is 58.5 Å². The van der Waals surface area contributed by atoms with Gasteiger partial charge in [0.05, 0.1) is 38.8 Å². The molecular formula is C21H16ClF3N6O. The molecule has 0 atom stereocenters. The minimum absolute atomic E-state index is 0.134. The van der Waals surface area contributed by atoms with E-state index in [1.165, 1.54) is 6.07 Å². The van der Waals surface area contributed by atoms with E-state index < -0.39 is 11.7 Å². The van der Waals surface area contributed by atoms with Crippen LogP contribution in [0, 0.1) is 0 Å². The van der Waals surface area contributed by atoms with Crippen molar-refractivity contribution < 1.29 is 18.0 Å². The Balaban J connectivity index is 1.41. The Kier molecular flexibility index (Phi) is 4.52. The van der Waals surface area contributed by atoms with Crippen LogP contribution in [0.3, 0.4) is 0 Å². The minimum Gasteiger partial charge on any atom is -0.383 e. The van der Waals surface area contributed by atoms with Gasteiger partial charge in [0.15, 0.2) is 0 Å². The number of likely N-dealkylation sites (tertiary alicyclic amines) is 1. The largest absolute Gasteiger partial charge is 0.417 e. The number of amides is 1. The average Bonchev–Trinajstić information content (AvgIpc) is 3.09. The number of benzene rings is 1. The van der Waals surface area contributed by atoms with Gasteiger partial charge in [-0.15, -0.1) is 0 Å². The van der Waals surface area contributed by atoms with Gasteiger partial charge < -0.3 is 10.6 Å². The molecule has 4 aromatic rings. The SMILES string of the molecule is Cn1ncc2c(N)nc3cc(Cl)c(C(=O)N4CC(c5ccc(C(F)(F)F)cn5)C4)cc3c21. The van der Waals surface area contributed by atoms with Crippen LogP contribution in [0.15, 0.2) is 36.7 Å². The van der Waals surface area contributed by atoms with Crippen LogP contribution in [0.2, 0.25) is 5.02 Å². The Morgan fingerprint density at radius 2 is 1.94 bits per heavy atom. The molecule has 7 nitrogen and oxygen atoms in total. The van der Waals surface area contributed by atoms with Crippen molar-refractivity contribution in [3.63, 3.8) is 0 Å². The van der Waals surface area contributed by atoms with Crippen LogP contribution in [-0.4, -0.2) is 43.6 Å². The maximum atomic E-state index is 13.1. The lowest BCUT2D eigenvalue weighted by atomic mass is 9.94. The lowest BCUT2D eigenvalue weighted by molar-refractivity contribution is -0.137. The van der Waals surface area contributed by atoms with Crippen LogP contribution < -0.4 is 5.73 Å². The first-order valence-electron chi connectivity index (χ1n) is 9.66. The van der Waals surface area contributed by atoms with Gasteiger partial charge in [0.2, 0.25) is 0 Å². The summed E-state index contributed by atoms with van der Waals surface area (Å²) < 4.78 is 39.8. The molecule has 4 heterocycles. The third-order valence-electron chi connectivity index (χ3n) is 5.73. The van der Waals surface area contributed by atoms with Gasteiger partial charge in [-0.1, -0.05) is 11.6 Å². The number of carbonyl (C=O) groups is 1. The Hall–Kier alpha value is -3.40. The standard InChI is InChI=1S/C21H16ClF3N6O/c1-30-18-13-4-12(15(22)5-17(13)29-19(26)14(18)7-28-30)20(32)31-8-10(9-31)16-3-2-11(6-27-16)21(23,24)25/h2-7,10H,8-9H2,1H3,(H2,26,29). The topological polar surface area (TPSA) is 89.9 Å². The van der Waals surface area contributed by atoms with Gasteiger partial charge in [-0.05, 0) is 24.3 Å². The molecule has 0 unspecified atom stereocenters. The molecule has 1 saturated heterocycles. The molecular weight excluding hydrogens is 445 g/mol. The highest BCUT2D eigenvalue weighted by Crippen LogP contribution is 2.35. The third-order valence-corrected chi connectivity index (χ3v) is 6.04. The lowest BCUT2D eigenvalue weighted by Gasteiger charge is -2.39. The first-order valence-corrected chi connectivity index (χ1v) is 10.0. The summed E-state index contributed by atoms with van der Waals surface area (Å²) in [5, 5.41) is 5.84. The van der Waals surface area contributed by atoms with Gasteiger partial charge in [-0.2, -0.15) is 18.3 Å². The van der Waals surface area contributed by atoms with Gasteiger partial charge in [-0.25, -0.2) is 4.98 Å². The van der Waals surface area contributed by atoms with Crippen LogP contribution in [0.5, 0.6) is 0 Å². The van der Waals surface area contributed by atoms with Crippen molar-refractivity contribution in [2.24, 2.45) is 7.05 Å². The summed E-state index contributed by atoms with van der Waals surface area (Å²) in [4.78, 5) is 23.0. The number of pyridine rings is 2. The molecule has 3 aromatic heterocycles. The summed E-state index contributed by atoms with van der Waals surface area (Å²) in [5.41, 5.74) is 7.34. The number of hydrogen-bond acceptors (Lipinski definition) is 5. The van der Waals surface area contributed by atoms with Crippen LogP contribution in [0.25, 0.3) is 21.8 Å². The zero-order chi connectivity index (χ0) is 22.8. The van der Waals surface area contributed by atoms with Gasteiger partial charge >= 0.3 is 6.18 Å². The number of aromatic nitrogens is 4. The van der Waals surface area contributed by atoms with Crippen molar-refractivity contribution >= 4 is 45.1 Å². The monoisotopic (exact) mass is 460 g/mol. The summed E-state index contributed by atoms with van der Waals surface area (Å²) in [6.07, 6.45) is -2.00. The summed E-state index contributed by atoms with van der Waals surface area (Å²) in [6, 6.07) is 5.64. The number of carbonyl (C=O) groups excluding carboxylic acids is 1. The predicted molar refractivity (Wildman–Crippen MR) is 113 cm³/mol. The molecule has 0 bridgehead atoms. The molecule has 32 heavy (non-hydrogen) atoms. The van der Waals surface area contributed by atoms with E-state index in [2.05, 4.69) is 15.1 Å². The zero-order valence-corrected chi connectivity index (χ0v) is 17.4. The third kappa shape index (κ3) is 3.22. The number of hydrogen-bond donors (Lipinski definition) is 1. The normalized spacial score (nSPS) is 14.8. The molecule has 0 spiro atoms. The smallest absolute Gasteiger partial charge is 0.383 e. The summed E-state index contributed by atoms with van der Waals surface area (Å²) >= 11 is 6.38. The van der Waals surface area contributed by atoms with Crippen molar-refractivity contribution in [3.8, 4) is 0 Å². The van der Waals surface area contributed by atoms with Crippen molar-refractivity contribution in [2.75, 3.05) is 18.8 Å². The first kappa shape index (κ1) is 20.5. The van der Waals surface area contributed by atoms with Crippen LogP contribution in [-0.2, 0) is 13.2 Å². The molecule has 2 N–H and O–H groups in total. The van der Waals surface area contributed by atoms with E-state index in [1.807, 2.05) is 0 Å². The van der Waals surface area contributed by atoms with Gasteiger partial charge in [0.25, 0.3) is 5.91 Å². The minimum atomic E-state index is -4.43. The quantitative estimate of drug-likeness (QED) is 0.488. The average molecular weight is 461 g/mol. The zero-order valence-electron chi connectivity index (χ0n) is 16.7. The Morgan fingerprint density at radius 3 is 2.59 bits per heavy atom. The van der Waals surface area contributed by atoms with Crippen LogP contribution in [0.1, 0.15) is 27.5 Å². The van der Waals surface area contributed by atoms with E-state index >= 15 is 0 Å². The Bertz CT molecular complexity index is 1380. The lowest BCUT2D eigenvalue weighted by Crippen LogP contribution is -2.48. The number of alkyl halides is 3.